The fourth-order valence-corrected chi connectivity index (χ4v) is 1.59. The van der Waals surface area contributed by atoms with Crippen molar-refractivity contribution in [3.63, 3.8) is 0 Å². The SMILES string of the molecule is C=CCOCC(O)CN(C)CCS(=O)(=O)[O-]. The molecule has 0 bridgehead atoms. The number of nitrogens with zero attached hydrogens (tertiary/aromatic N) is 1. The first kappa shape index (κ1) is 15.5. The Morgan fingerprint density at radius 3 is 2.75 bits per heavy atom. The summed E-state index contributed by atoms with van der Waals surface area (Å²) in [4.78, 5) is 1.57. The van der Waals surface area contributed by atoms with Crippen LogP contribution in [0.15, 0.2) is 12.7 Å². The van der Waals surface area contributed by atoms with Gasteiger partial charge in [0.1, 0.15) is 0 Å². The normalized spacial score (nSPS) is 14.0. The summed E-state index contributed by atoms with van der Waals surface area (Å²) in [7, 11) is -2.57. The highest BCUT2D eigenvalue weighted by Gasteiger charge is 2.08. The molecule has 96 valence electrons. The summed E-state index contributed by atoms with van der Waals surface area (Å²) < 4.78 is 36.1. The van der Waals surface area contributed by atoms with Crippen LogP contribution < -0.4 is 0 Å². The van der Waals surface area contributed by atoms with Crippen molar-refractivity contribution in [2.24, 2.45) is 0 Å². The zero-order valence-corrected chi connectivity index (χ0v) is 10.1. The zero-order chi connectivity index (χ0) is 12.6. The lowest BCUT2D eigenvalue weighted by Gasteiger charge is -2.20. The van der Waals surface area contributed by atoms with E-state index in [1.807, 2.05) is 0 Å². The van der Waals surface area contributed by atoms with Gasteiger partial charge in [0, 0.05) is 13.1 Å². The summed E-state index contributed by atoms with van der Waals surface area (Å²) in [5, 5.41) is 9.45. The Balaban J connectivity index is 3.69. The molecule has 0 aliphatic rings. The summed E-state index contributed by atoms with van der Waals surface area (Å²) >= 11 is 0. The van der Waals surface area contributed by atoms with E-state index in [0.717, 1.165) is 0 Å². The molecule has 0 aliphatic carbocycles. The molecule has 1 unspecified atom stereocenters. The Morgan fingerprint density at radius 1 is 1.62 bits per heavy atom. The van der Waals surface area contributed by atoms with Crippen LogP contribution in [0.4, 0.5) is 0 Å². The summed E-state index contributed by atoms with van der Waals surface area (Å²) in [6, 6.07) is 0. The van der Waals surface area contributed by atoms with Crippen molar-refractivity contribution in [2.75, 3.05) is 39.1 Å². The number of rotatable bonds is 9. The van der Waals surface area contributed by atoms with E-state index in [1.54, 1.807) is 18.0 Å². The molecule has 0 fully saturated rings. The summed E-state index contributed by atoms with van der Waals surface area (Å²) in [5.41, 5.74) is 0. The average molecular weight is 252 g/mol. The molecule has 0 heterocycles. The molecule has 0 amide bonds. The second-order valence-electron chi connectivity index (χ2n) is 3.50. The van der Waals surface area contributed by atoms with Gasteiger partial charge in [-0.15, -0.1) is 6.58 Å². The molecule has 0 saturated heterocycles. The maximum atomic E-state index is 10.4. The highest BCUT2D eigenvalue weighted by molar-refractivity contribution is 7.85. The van der Waals surface area contributed by atoms with Gasteiger partial charge in [0.05, 0.1) is 35.2 Å². The topological polar surface area (TPSA) is 89.9 Å². The largest absolute Gasteiger partial charge is 0.748 e. The first-order chi connectivity index (χ1) is 7.35. The van der Waals surface area contributed by atoms with Crippen molar-refractivity contribution in [3.8, 4) is 0 Å². The molecule has 0 aliphatic heterocycles. The average Bonchev–Trinajstić information content (AvgIpc) is 2.14. The lowest BCUT2D eigenvalue weighted by Crippen LogP contribution is -2.35. The van der Waals surface area contributed by atoms with E-state index in [1.165, 1.54) is 0 Å². The fourth-order valence-electron chi connectivity index (χ4n) is 1.06. The molecule has 1 atom stereocenters. The third-order valence-corrected chi connectivity index (χ3v) is 2.47. The Bertz CT molecular complexity index is 290. The van der Waals surface area contributed by atoms with Gasteiger partial charge in [0.2, 0.25) is 0 Å². The van der Waals surface area contributed by atoms with Crippen molar-refractivity contribution >= 4 is 10.1 Å². The Labute approximate surface area is 96.3 Å². The first-order valence-corrected chi connectivity index (χ1v) is 6.41. The van der Waals surface area contributed by atoms with Crippen molar-refractivity contribution < 1.29 is 22.8 Å². The minimum Gasteiger partial charge on any atom is -0.748 e. The van der Waals surface area contributed by atoms with Gasteiger partial charge >= 0.3 is 0 Å². The predicted molar refractivity (Wildman–Crippen MR) is 59.1 cm³/mol. The van der Waals surface area contributed by atoms with Gasteiger partial charge in [-0.25, -0.2) is 8.42 Å². The Morgan fingerprint density at radius 2 is 2.25 bits per heavy atom. The third-order valence-electron chi connectivity index (χ3n) is 1.79. The molecule has 0 saturated carbocycles. The molecule has 0 radical (unpaired) electrons. The van der Waals surface area contributed by atoms with Crippen LogP contribution in [-0.4, -0.2) is 68.2 Å². The smallest absolute Gasteiger partial charge is 0.0958 e. The first-order valence-electron chi connectivity index (χ1n) is 4.84. The van der Waals surface area contributed by atoms with Crippen molar-refractivity contribution in [2.45, 2.75) is 6.10 Å². The number of aliphatic hydroxyl groups excluding tert-OH is 1. The van der Waals surface area contributed by atoms with Gasteiger partial charge in [-0.3, -0.25) is 0 Å². The van der Waals surface area contributed by atoms with Crippen LogP contribution in [0.25, 0.3) is 0 Å². The Hall–Kier alpha value is -0.470. The molecule has 0 aromatic heterocycles. The number of hydrogen-bond acceptors (Lipinski definition) is 6. The molecule has 6 nitrogen and oxygen atoms in total. The molecule has 16 heavy (non-hydrogen) atoms. The van der Waals surface area contributed by atoms with Crippen molar-refractivity contribution in [3.05, 3.63) is 12.7 Å². The summed E-state index contributed by atoms with van der Waals surface area (Å²) in [5.74, 6) is -0.455. The molecular weight excluding hydrogens is 234 g/mol. The van der Waals surface area contributed by atoms with Crippen LogP contribution in [0.3, 0.4) is 0 Å². The summed E-state index contributed by atoms with van der Waals surface area (Å²) in [6.07, 6.45) is 0.861. The van der Waals surface area contributed by atoms with Gasteiger partial charge < -0.3 is 19.3 Å². The van der Waals surface area contributed by atoms with E-state index in [-0.39, 0.29) is 19.7 Å². The number of ether oxygens (including phenoxy) is 1. The Kier molecular flexibility index (Phi) is 7.52. The molecule has 0 aromatic rings. The molecule has 0 rings (SSSR count). The van der Waals surface area contributed by atoms with Crippen LogP contribution in [0.1, 0.15) is 0 Å². The standard InChI is InChI=1S/C9H19NO5S/c1-3-5-15-8-9(11)7-10(2)4-6-16(12,13)14/h3,9,11H,1,4-8H2,2H3,(H,12,13,14)/p-1. The molecule has 0 spiro atoms. The van der Waals surface area contributed by atoms with E-state index in [9.17, 15) is 18.1 Å². The van der Waals surface area contributed by atoms with E-state index >= 15 is 0 Å². The van der Waals surface area contributed by atoms with Crippen LogP contribution in [0.2, 0.25) is 0 Å². The van der Waals surface area contributed by atoms with Crippen molar-refractivity contribution in [1.82, 2.24) is 4.90 Å². The predicted octanol–water partition coefficient (Wildman–Crippen LogP) is -0.973. The molecule has 1 N–H and O–H groups in total. The van der Waals surface area contributed by atoms with E-state index in [0.29, 0.717) is 6.61 Å². The van der Waals surface area contributed by atoms with Gasteiger partial charge in [0.15, 0.2) is 0 Å². The summed E-state index contributed by atoms with van der Waals surface area (Å²) in [6.45, 7) is 4.32. The van der Waals surface area contributed by atoms with E-state index in [4.69, 9.17) is 4.74 Å². The third kappa shape index (κ3) is 10.1. The van der Waals surface area contributed by atoms with Gasteiger partial charge in [-0.2, -0.15) is 0 Å². The van der Waals surface area contributed by atoms with Crippen LogP contribution >= 0.6 is 0 Å². The van der Waals surface area contributed by atoms with E-state index < -0.39 is 22.0 Å². The van der Waals surface area contributed by atoms with Gasteiger partial charge in [0.25, 0.3) is 0 Å². The maximum absolute atomic E-state index is 10.4. The monoisotopic (exact) mass is 252 g/mol. The number of hydrogen-bond donors (Lipinski definition) is 1. The minimum atomic E-state index is -4.19. The number of aliphatic hydroxyl groups is 1. The highest BCUT2D eigenvalue weighted by atomic mass is 32.2. The maximum Gasteiger partial charge on any atom is 0.0958 e. The molecule has 7 heteroatoms. The van der Waals surface area contributed by atoms with Crippen LogP contribution in [-0.2, 0) is 14.9 Å². The number of likely N-dealkylation sites (N-methyl/N-ethyl adjacent to an activating group) is 1. The second-order valence-corrected chi connectivity index (χ2v) is 5.03. The van der Waals surface area contributed by atoms with Crippen LogP contribution in [0.5, 0.6) is 0 Å². The second kappa shape index (κ2) is 7.75. The van der Waals surface area contributed by atoms with Gasteiger partial charge in [-0.1, -0.05) is 6.08 Å². The minimum absolute atomic E-state index is 0.102. The molecular formula is C9H18NO5S-. The highest BCUT2D eigenvalue weighted by Crippen LogP contribution is 1.93. The van der Waals surface area contributed by atoms with Gasteiger partial charge in [-0.05, 0) is 7.05 Å². The molecule has 0 aromatic carbocycles. The van der Waals surface area contributed by atoms with E-state index in [2.05, 4.69) is 6.58 Å². The quantitative estimate of drug-likeness (QED) is 0.322. The fraction of sp³-hybridized carbons (Fsp3) is 0.778. The zero-order valence-electron chi connectivity index (χ0n) is 9.33. The van der Waals surface area contributed by atoms with Crippen molar-refractivity contribution in [1.29, 1.82) is 0 Å². The lowest BCUT2D eigenvalue weighted by atomic mass is 10.3. The lowest BCUT2D eigenvalue weighted by molar-refractivity contribution is 0.0319. The van der Waals surface area contributed by atoms with Crippen LogP contribution in [0, 0.1) is 0 Å².